The quantitative estimate of drug-likeness (QED) is 0.410. The molecule has 3 aromatic rings. The van der Waals surface area contributed by atoms with Gasteiger partial charge in [0.1, 0.15) is 24.6 Å². The van der Waals surface area contributed by atoms with Gasteiger partial charge in [-0.15, -0.1) is 0 Å². The average Bonchev–Trinajstić information content (AvgIpc) is 3.23. The molecule has 4 atom stereocenters. The Kier molecular flexibility index (Phi) is 3.85. The molecule has 12 nitrogen and oxygen atoms in total. The summed E-state index contributed by atoms with van der Waals surface area (Å²) < 4.78 is 23.8. The number of fused-ring (bicyclic) bond motifs is 3. The molecule has 0 radical (unpaired) electrons. The Hall–Kier alpha value is -1.92. The van der Waals surface area contributed by atoms with Gasteiger partial charge in [-0.1, -0.05) is 0 Å². The summed E-state index contributed by atoms with van der Waals surface area (Å²) in [6, 6.07) is 0. The average molecular weight is 371 g/mol. The van der Waals surface area contributed by atoms with Crippen LogP contribution < -0.4 is 0 Å². The fourth-order valence-electron chi connectivity index (χ4n) is 2.80. The lowest BCUT2D eigenvalue weighted by atomic mass is 10.1. The van der Waals surface area contributed by atoms with E-state index >= 15 is 0 Å². The Morgan fingerprint density at radius 2 is 1.96 bits per heavy atom. The molecule has 1 aliphatic heterocycles. The van der Waals surface area contributed by atoms with Crippen molar-refractivity contribution in [1.29, 1.82) is 0 Å². The second kappa shape index (κ2) is 5.81. The Labute approximate surface area is 139 Å². The van der Waals surface area contributed by atoms with E-state index in [0.29, 0.717) is 16.8 Å². The molecule has 1 unspecified atom stereocenters. The van der Waals surface area contributed by atoms with Gasteiger partial charge in [0.15, 0.2) is 23.0 Å². The Bertz CT molecular complexity index is 967. The van der Waals surface area contributed by atoms with Gasteiger partial charge < -0.3 is 24.7 Å². The largest absolute Gasteiger partial charge is 0.469 e. The molecule has 4 N–H and O–H groups in total. The van der Waals surface area contributed by atoms with Crippen molar-refractivity contribution >= 4 is 24.6 Å². The first-order chi connectivity index (χ1) is 11.8. The number of hydrogen-bond donors (Lipinski definition) is 4. The lowest BCUT2D eigenvalue weighted by molar-refractivity contribution is -0.0504. The van der Waals surface area contributed by atoms with Gasteiger partial charge in [0, 0.05) is 12.4 Å². The van der Waals surface area contributed by atoms with Crippen LogP contribution in [0.25, 0.3) is 16.8 Å². The van der Waals surface area contributed by atoms with Crippen LogP contribution in [0.1, 0.15) is 6.23 Å². The molecule has 25 heavy (non-hydrogen) atoms. The third-order valence-corrected chi connectivity index (χ3v) is 4.46. The van der Waals surface area contributed by atoms with Crippen LogP contribution >= 0.6 is 7.82 Å². The minimum Gasteiger partial charge on any atom is -0.387 e. The summed E-state index contributed by atoms with van der Waals surface area (Å²) in [4.78, 5) is 30.2. The molecule has 0 saturated carbocycles. The molecule has 1 fully saturated rings. The van der Waals surface area contributed by atoms with E-state index in [1.807, 2.05) is 0 Å². The van der Waals surface area contributed by atoms with E-state index in [4.69, 9.17) is 14.5 Å². The van der Waals surface area contributed by atoms with E-state index in [-0.39, 0.29) is 0 Å². The van der Waals surface area contributed by atoms with Gasteiger partial charge in [0.05, 0.1) is 12.9 Å². The predicted molar refractivity (Wildman–Crippen MR) is 80.2 cm³/mol. The van der Waals surface area contributed by atoms with Gasteiger partial charge >= 0.3 is 7.82 Å². The fraction of sp³-hybridized carbons (Fsp3) is 0.417. The number of aliphatic hydroxyl groups excluding tert-OH is 2. The highest BCUT2D eigenvalue weighted by Gasteiger charge is 2.45. The monoisotopic (exact) mass is 371 g/mol. The van der Waals surface area contributed by atoms with Gasteiger partial charge in [-0.05, 0) is 0 Å². The lowest BCUT2D eigenvalue weighted by Gasteiger charge is -2.16. The van der Waals surface area contributed by atoms with Gasteiger partial charge in [-0.3, -0.25) is 13.5 Å². The molecule has 1 aliphatic rings. The molecule has 0 bridgehead atoms. The smallest absolute Gasteiger partial charge is 0.387 e. The third kappa shape index (κ3) is 2.83. The topological polar surface area (TPSA) is 164 Å². The van der Waals surface area contributed by atoms with Crippen LogP contribution in [0.2, 0.25) is 0 Å². The van der Waals surface area contributed by atoms with Crippen LogP contribution in [0.5, 0.6) is 0 Å². The maximum Gasteiger partial charge on any atom is 0.469 e. The first kappa shape index (κ1) is 16.5. The van der Waals surface area contributed by atoms with Crippen molar-refractivity contribution in [2.24, 2.45) is 0 Å². The van der Waals surface area contributed by atoms with E-state index in [9.17, 15) is 14.8 Å². The Morgan fingerprint density at radius 3 is 2.72 bits per heavy atom. The van der Waals surface area contributed by atoms with Crippen molar-refractivity contribution in [2.75, 3.05) is 6.61 Å². The number of rotatable bonds is 4. The minimum atomic E-state index is -4.72. The molecule has 0 spiro atoms. The summed E-state index contributed by atoms with van der Waals surface area (Å²) in [6.45, 7) is -0.580. The minimum absolute atomic E-state index is 0.381. The maximum atomic E-state index is 10.8. The highest BCUT2D eigenvalue weighted by Crippen LogP contribution is 2.38. The highest BCUT2D eigenvalue weighted by atomic mass is 31.2. The zero-order valence-electron chi connectivity index (χ0n) is 12.5. The number of phosphoric ester groups is 1. The molecule has 0 aromatic carbocycles. The van der Waals surface area contributed by atoms with Gasteiger partial charge in [-0.2, -0.15) is 0 Å². The molecular formula is C12H14N5O7P. The highest BCUT2D eigenvalue weighted by molar-refractivity contribution is 7.46. The Morgan fingerprint density at radius 1 is 1.16 bits per heavy atom. The van der Waals surface area contributed by atoms with E-state index in [1.165, 1.54) is 17.2 Å². The standard InChI is InChI=1S/C12H14N5O7P/c18-8-6(3-23-25(20,21)22)24-12(9(8)19)17-5-14-7-10-13-1-2-16(10)4-15-11(7)17/h1-2,4-6,8-9,12,18-19H,3H2,(H2,20,21,22)/t6-,8-,9?,12-/m1/s1. The summed E-state index contributed by atoms with van der Waals surface area (Å²) in [5.74, 6) is 0. The van der Waals surface area contributed by atoms with Crippen molar-refractivity contribution in [2.45, 2.75) is 24.5 Å². The van der Waals surface area contributed by atoms with Gasteiger partial charge in [0.25, 0.3) is 0 Å². The SMILES string of the molecule is O=P(O)(O)OC[C@H]1O[C@@H](n2cnc3c2ncn2ccnc32)C(O)[C@@H]1O. The molecule has 0 amide bonds. The molecule has 1 saturated heterocycles. The lowest BCUT2D eigenvalue weighted by Crippen LogP contribution is -2.33. The normalized spacial score (nSPS) is 27.5. The second-order valence-corrected chi connectivity index (χ2v) is 6.80. The van der Waals surface area contributed by atoms with Crippen LogP contribution in [0.4, 0.5) is 0 Å². The van der Waals surface area contributed by atoms with Gasteiger partial charge in [-0.25, -0.2) is 19.5 Å². The number of aliphatic hydroxyl groups is 2. The molecule has 0 aliphatic carbocycles. The summed E-state index contributed by atoms with van der Waals surface area (Å²) in [5.41, 5.74) is 1.43. The zero-order chi connectivity index (χ0) is 17.8. The first-order valence-electron chi connectivity index (χ1n) is 7.21. The van der Waals surface area contributed by atoms with Crippen LogP contribution in [0.3, 0.4) is 0 Å². The van der Waals surface area contributed by atoms with Crippen molar-refractivity contribution in [3.8, 4) is 0 Å². The summed E-state index contributed by atoms with van der Waals surface area (Å²) >= 11 is 0. The van der Waals surface area contributed by atoms with Gasteiger partial charge in [0.2, 0.25) is 0 Å². The van der Waals surface area contributed by atoms with E-state index in [2.05, 4.69) is 19.5 Å². The third-order valence-electron chi connectivity index (χ3n) is 3.97. The number of imidazole rings is 2. The number of nitrogens with zero attached hydrogens (tertiary/aromatic N) is 5. The summed E-state index contributed by atoms with van der Waals surface area (Å²) in [6.07, 6.45) is 1.28. The van der Waals surface area contributed by atoms with Crippen LogP contribution in [-0.2, 0) is 13.8 Å². The molecule has 134 valence electrons. The molecule has 4 heterocycles. The zero-order valence-corrected chi connectivity index (χ0v) is 13.4. The number of aromatic nitrogens is 5. The van der Waals surface area contributed by atoms with E-state index < -0.39 is 39.0 Å². The molecule has 13 heteroatoms. The summed E-state index contributed by atoms with van der Waals surface area (Å²) in [5, 5.41) is 20.3. The van der Waals surface area contributed by atoms with Crippen molar-refractivity contribution in [3.63, 3.8) is 0 Å². The maximum absolute atomic E-state index is 10.8. The number of hydrogen-bond acceptors (Lipinski definition) is 8. The fourth-order valence-corrected chi connectivity index (χ4v) is 3.14. The first-order valence-corrected chi connectivity index (χ1v) is 8.74. The molecule has 3 aromatic heterocycles. The van der Waals surface area contributed by atoms with Crippen LogP contribution in [0, 0.1) is 0 Å². The molecular weight excluding hydrogens is 357 g/mol. The molecule has 4 rings (SSSR count). The van der Waals surface area contributed by atoms with Crippen molar-refractivity contribution in [1.82, 2.24) is 23.9 Å². The summed E-state index contributed by atoms with van der Waals surface area (Å²) in [7, 11) is -4.72. The predicted octanol–water partition coefficient (Wildman–Crippen LogP) is -1.19. The van der Waals surface area contributed by atoms with Crippen LogP contribution in [0.15, 0.2) is 25.0 Å². The van der Waals surface area contributed by atoms with Crippen LogP contribution in [-0.4, -0.2) is 68.8 Å². The van der Waals surface area contributed by atoms with E-state index in [1.54, 1.807) is 16.8 Å². The number of ether oxygens (including phenoxy) is 1. The second-order valence-electron chi connectivity index (χ2n) is 5.56. The number of phosphoric acid groups is 1. The van der Waals surface area contributed by atoms with Crippen molar-refractivity contribution in [3.05, 3.63) is 25.0 Å². The van der Waals surface area contributed by atoms with E-state index in [0.717, 1.165) is 0 Å². The Balaban J connectivity index is 1.65. The van der Waals surface area contributed by atoms with Crippen molar-refractivity contribution < 1.29 is 33.8 Å².